The first-order valence-electron chi connectivity index (χ1n) is 10.8. The van der Waals surface area contributed by atoms with E-state index in [1.165, 1.54) is 13.0 Å². The lowest BCUT2D eigenvalue weighted by atomic mass is 10.2. The van der Waals surface area contributed by atoms with Crippen LogP contribution in [0.3, 0.4) is 0 Å². The molecule has 10 heteroatoms. The highest BCUT2D eigenvalue weighted by Crippen LogP contribution is 2.26. The first kappa shape index (κ1) is 25.2. The van der Waals surface area contributed by atoms with Crippen LogP contribution in [0.25, 0.3) is 17.5 Å². The Morgan fingerprint density at radius 3 is 2.21 bits per heavy atom. The maximum Gasteiger partial charge on any atom is 0.244 e. The monoisotopic (exact) mass is 498 g/mol. The summed E-state index contributed by atoms with van der Waals surface area (Å²) in [6, 6.07) is 11.2. The third-order valence-electron chi connectivity index (χ3n) is 4.70. The van der Waals surface area contributed by atoms with Crippen LogP contribution in [0.15, 0.2) is 47.9 Å². The normalized spacial score (nSPS) is 10.8. The lowest BCUT2D eigenvalue weighted by Gasteiger charge is -2.16. The van der Waals surface area contributed by atoms with Crippen molar-refractivity contribution < 1.29 is 9.59 Å². The molecule has 4 N–H and O–H groups in total. The van der Waals surface area contributed by atoms with E-state index in [1.54, 1.807) is 29.5 Å². The van der Waals surface area contributed by atoms with Gasteiger partial charge in [0.1, 0.15) is 11.6 Å². The molecule has 0 aliphatic heterocycles. The molecular formula is C24H27ClN6O2S. The summed E-state index contributed by atoms with van der Waals surface area (Å²) in [5, 5.41) is 14.8. The second-order valence-corrected chi connectivity index (χ2v) is 8.77. The van der Waals surface area contributed by atoms with Crippen molar-refractivity contribution in [2.45, 2.75) is 13.8 Å². The van der Waals surface area contributed by atoms with Crippen molar-refractivity contribution in [2.24, 2.45) is 0 Å². The SMILES string of the molecule is CC(=O)NCCNc1nc(-c2ccc(Cl)cc2)nc(NCCNC(=O)C=Cc2cccs2)c1C. The highest BCUT2D eigenvalue weighted by atomic mass is 35.5. The molecule has 0 aliphatic carbocycles. The van der Waals surface area contributed by atoms with Crippen LogP contribution in [0.5, 0.6) is 0 Å². The first-order valence-corrected chi connectivity index (χ1v) is 12.0. The van der Waals surface area contributed by atoms with Crippen LogP contribution in [0.2, 0.25) is 5.02 Å². The van der Waals surface area contributed by atoms with Gasteiger partial charge in [-0.05, 0) is 48.7 Å². The number of hydrogen-bond donors (Lipinski definition) is 4. The molecule has 0 bridgehead atoms. The van der Waals surface area contributed by atoms with Crippen LogP contribution in [-0.2, 0) is 9.59 Å². The molecule has 0 radical (unpaired) electrons. The molecule has 0 spiro atoms. The van der Waals surface area contributed by atoms with Gasteiger partial charge in [0.05, 0.1) is 0 Å². The van der Waals surface area contributed by atoms with Crippen LogP contribution >= 0.6 is 22.9 Å². The quantitative estimate of drug-likeness (QED) is 0.235. The number of aromatic nitrogens is 2. The Morgan fingerprint density at radius 1 is 0.971 bits per heavy atom. The zero-order chi connectivity index (χ0) is 24.3. The fraction of sp³-hybridized carbons (Fsp3) is 0.250. The molecule has 2 amide bonds. The van der Waals surface area contributed by atoms with Crippen molar-refractivity contribution >= 4 is 52.5 Å². The molecule has 178 valence electrons. The number of nitrogens with zero attached hydrogens (tertiary/aromatic N) is 2. The molecule has 3 aromatic rings. The molecule has 2 heterocycles. The number of benzene rings is 1. The van der Waals surface area contributed by atoms with Gasteiger partial charge in [-0.15, -0.1) is 11.3 Å². The molecule has 3 rings (SSSR count). The molecule has 0 aliphatic rings. The van der Waals surface area contributed by atoms with Crippen molar-refractivity contribution in [3.8, 4) is 11.4 Å². The highest BCUT2D eigenvalue weighted by molar-refractivity contribution is 7.10. The van der Waals surface area contributed by atoms with Gasteiger partial charge in [0.2, 0.25) is 11.8 Å². The Morgan fingerprint density at radius 2 is 1.62 bits per heavy atom. The van der Waals surface area contributed by atoms with Gasteiger partial charge in [0.25, 0.3) is 0 Å². The number of carbonyl (C=O) groups is 2. The Labute approximate surface area is 207 Å². The smallest absolute Gasteiger partial charge is 0.244 e. The zero-order valence-corrected chi connectivity index (χ0v) is 20.6. The third-order valence-corrected chi connectivity index (χ3v) is 5.79. The van der Waals surface area contributed by atoms with Crippen molar-refractivity contribution in [2.75, 3.05) is 36.8 Å². The summed E-state index contributed by atoms with van der Waals surface area (Å²) in [7, 11) is 0. The Bertz CT molecular complexity index is 1130. The van der Waals surface area contributed by atoms with Crippen LogP contribution in [0.1, 0.15) is 17.4 Å². The first-order chi connectivity index (χ1) is 16.4. The number of nitrogens with one attached hydrogen (secondary N) is 4. The van der Waals surface area contributed by atoms with E-state index in [2.05, 4.69) is 31.2 Å². The molecule has 0 fully saturated rings. The van der Waals surface area contributed by atoms with E-state index in [-0.39, 0.29) is 11.8 Å². The minimum atomic E-state index is -0.156. The molecule has 0 unspecified atom stereocenters. The van der Waals surface area contributed by atoms with Gasteiger partial charge in [0, 0.05) is 60.2 Å². The van der Waals surface area contributed by atoms with E-state index in [0.717, 1.165) is 16.0 Å². The number of halogens is 1. The predicted octanol–water partition coefficient (Wildman–Crippen LogP) is 3.96. The lowest BCUT2D eigenvalue weighted by Crippen LogP contribution is -2.28. The fourth-order valence-electron chi connectivity index (χ4n) is 2.98. The Hall–Kier alpha value is -3.43. The number of thiophene rings is 1. The topological polar surface area (TPSA) is 108 Å². The molecular weight excluding hydrogens is 472 g/mol. The summed E-state index contributed by atoms with van der Waals surface area (Å²) in [6.07, 6.45) is 3.32. The van der Waals surface area contributed by atoms with Crippen molar-refractivity contribution in [1.29, 1.82) is 0 Å². The Kier molecular flexibility index (Phi) is 9.42. The van der Waals surface area contributed by atoms with Gasteiger partial charge >= 0.3 is 0 Å². The van der Waals surface area contributed by atoms with Gasteiger partial charge in [-0.1, -0.05) is 17.7 Å². The summed E-state index contributed by atoms with van der Waals surface area (Å²) < 4.78 is 0. The van der Waals surface area contributed by atoms with Crippen LogP contribution in [0, 0.1) is 6.92 Å². The third kappa shape index (κ3) is 7.86. The van der Waals surface area contributed by atoms with Crippen LogP contribution in [0.4, 0.5) is 11.6 Å². The maximum absolute atomic E-state index is 12.0. The number of amides is 2. The average molecular weight is 499 g/mol. The predicted molar refractivity (Wildman–Crippen MR) is 139 cm³/mol. The summed E-state index contributed by atoms with van der Waals surface area (Å²) in [5.74, 6) is 1.62. The van der Waals surface area contributed by atoms with Gasteiger partial charge < -0.3 is 21.3 Å². The summed E-state index contributed by atoms with van der Waals surface area (Å²) in [5.41, 5.74) is 1.66. The minimum absolute atomic E-state index is 0.0855. The second-order valence-electron chi connectivity index (χ2n) is 7.35. The largest absolute Gasteiger partial charge is 0.368 e. The van der Waals surface area contributed by atoms with E-state index in [1.807, 2.05) is 36.6 Å². The van der Waals surface area contributed by atoms with Gasteiger partial charge in [-0.25, -0.2) is 9.97 Å². The average Bonchev–Trinajstić information content (AvgIpc) is 3.34. The number of anilines is 2. The second kappa shape index (κ2) is 12.7. The zero-order valence-electron chi connectivity index (χ0n) is 19.0. The molecule has 34 heavy (non-hydrogen) atoms. The minimum Gasteiger partial charge on any atom is -0.368 e. The molecule has 8 nitrogen and oxygen atoms in total. The van der Waals surface area contributed by atoms with E-state index in [9.17, 15) is 9.59 Å². The number of rotatable bonds is 11. The van der Waals surface area contributed by atoms with Crippen molar-refractivity contribution in [3.05, 3.63) is 63.3 Å². The molecule has 1 aromatic carbocycles. The standard InChI is InChI=1S/C24H27ClN6O2S/c1-16-22(28-13-11-26-17(2)32)30-24(18-5-7-19(25)8-6-18)31-23(16)29-14-12-27-21(33)10-9-20-4-3-15-34-20/h3-10,15H,11-14H2,1-2H3,(H,26,32)(H,27,33)(H2,28,29,30,31). The van der Waals surface area contributed by atoms with Gasteiger partial charge in [0.15, 0.2) is 5.82 Å². The van der Waals surface area contributed by atoms with E-state index in [4.69, 9.17) is 11.6 Å². The molecule has 0 saturated heterocycles. The summed E-state index contributed by atoms with van der Waals surface area (Å²) >= 11 is 7.59. The highest BCUT2D eigenvalue weighted by Gasteiger charge is 2.12. The van der Waals surface area contributed by atoms with Crippen LogP contribution < -0.4 is 21.3 Å². The van der Waals surface area contributed by atoms with Gasteiger partial charge in [-0.3, -0.25) is 9.59 Å². The van der Waals surface area contributed by atoms with E-state index >= 15 is 0 Å². The Balaban J connectivity index is 1.65. The van der Waals surface area contributed by atoms with Gasteiger partial charge in [-0.2, -0.15) is 0 Å². The number of hydrogen-bond acceptors (Lipinski definition) is 7. The lowest BCUT2D eigenvalue weighted by molar-refractivity contribution is -0.119. The number of carbonyl (C=O) groups excluding carboxylic acids is 2. The molecule has 2 aromatic heterocycles. The maximum atomic E-state index is 12.0. The van der Waals surface area contributed by atoms with E-state index < -0.39 is 0 Å². The molecule has 0 saturated carbocycles. The van der Waals surface area contributed by atoms with Crippen molar-refractivity contribution in [1.82, 2.24) is 20.6 Å². The summed E-state index contributed by atoms with van der Waals surface area (Å²) in [4.78, 5) is 33.5. The van der Waals surface area contributed by atoms with E-state index in [0.29, 0.717) is 48.7 Å². The van der Waals surface area contributed by atoms with Crippen molar-refractivity contribution in [3.63, 3.8) is 0 Å². The summed E-state index contributed by atoms with van der Waals surface area (Å²) in [6.45, 7) is 5.30. The fourth-order valence-corrected chi connectivity index (χ4v) is 3.72. The molecule has 0 atom stereocenters. The van der Waals surface area contributed by atoms with Crippen LogP contribution in [-0.4, -0.2) is 48.0 Å².